The van der Waals surface area contributed by atoms with Crippen molar-refractivity contribution in [3.63, 3.8) is 0 Å². The van der Waals surface area contributed by atoms with Gasteiger partial charge in [-0.25, -0.2) is 9.13 Å². The van der Waals surface area contributed by atoms with Crippen LogP contribution in [0.1, 0.15) is 355 Å². The second kappa shape index (κ2) is 72.8. The number of phosphoric acid groups is 2. The number of rotatable bonds is 75. The largest absolute Gasteiger partial charge is 0.472 e. The minimum atomic E-state index is -4.92. The van der Waals surface area contributed by atoms with E-state index in [2.05, 4.69) is 93.7 Å². The topological polar surface area (TPSA) is 231 Å². The fourth-order valence-corrected chi connectivity index (χ4v) is 12.6. The molecule has 16 nitrogen and oxygen atoms in total. The first-order chi connectivity index (χ1) is 47.2. The molecule has 0 heterocycles. The number of ether oxygens (including phenoxy) is 3. The Morgan fingerprint density at radius 2 is 0.546 bits per heavy atom. The van der Waals surface area contributed by atoms with Crippen LogP contribution in [0.15, 0.2) is 72.9 Å². The van der Waals surface area contributed by atoms with E-state index < -0.39 is 91.5 Å². The van der Waals surface area contributed by atoms with Crippen LogP contribution in [0.4, 0.5) is 0 Å². The normalized spacial score (nSPS) is 14.4. The molecule has 0 amide bonds. The lowest BCUT2D eigenvalue weighted by Gasteiger charge is -2.21. The van der Waals surface area contributed by atoms with E-state index >= 15 is 0 Å². The standard InChI is InChI=1S/C79H144O16P2/c1-4-7-10-13-16-19-22-25-28-29-30-31-32-33-34-35-36-37-38-39-40-41-42-43-46-48-50-53-56-59-62-65-77(82)89-68-74(80)69-91-96(85,86)92-70-75(81)71-93-97(87,88)94-73-76(95-79(84)67-64-61-58-55-52-49-45-27-24-21-18-15-12-9-6-3)72-90-78(83)66-63-60-57-54-51-47-44-26-23-20-17-14-11-8-5-2/h7,10,16,19,25,28,30-31,33-34,36-37,74-76,80-81H,4-6,8-9,11-15,17-18,20-24,26-27,29,32,35,38-73H2,1-3H3,(H,85,86)(H,87,88)/b10-7-,19-16-,28-25-,31-30-,34-33-,37-36-. The summed E-state index contributed by atoms with van der Waals surface area (Å²) in [6.45, 7) is 2.63. The van der Waals surface area contributed by atoms with E-state index in [1.807, 2.05) is 0 Å². The molecule has 0 aromatic rings. The molecule has 4 N–H and O–H groups in total. The molecular formula is C79H144O16P2. The van der Waals surface area contributed by atoms with Gasteiger partial charge in [0.1, 0.15) is 25.4 Å². The van der Waals surface area contributed by atoms with Gasteiger partial charge in [0.2, 0.25) is 0 Å². The second-order valence-electron chi connectivity index (χ2n) is 26.5. The average Bonchev–Trinajstić information content (AvgIpc) is 1.84. The molecule has 0 bridgehead atoms. The lowest BCUT2D eigenvalue weighted by molar-refractivity contribution is -0.161. The fourth-order valence-electron chi connectivity index (χ4n) is 11.0. The van der Waals surface area contributed by atoms with E-state index in [1.165, 1.54) is 186 Å². The van der Waals surface area contributed by atoms with Gasteiger partial charge in [-0.15, -0.1) is 0 Å². The summed E-state index contributed by atoms with van der Waals surface area (Å²) in [5, 5.41) is 20.6. The molecular weight excluding hydrogens is 1270 g/mol. The molecule has 0 rings (SSSR count). The van der Waals surface area contributed by atoms with Crippen molar-refractivity contribution in [2.45, 2.75) is 373 Å². The quantitative estimate of drug-likeness (QED) is 0.0146. The smallest absolute Gasteiger partial charge is 0.463 e. The number of aliphatic hydroxyl groups excluding tert-OH is 2. The summed E-state index contributed by atoms with van der Waals surface area (Å²) < 4.78 is 61.1. The molecule has 5 unspecified atom stereocenters. The zero-order valence-electron chi connectivity index (χ0n) is 61.8. The first kappa shape index (κ1) is 94.0. The third kappa shape index (κ3) is 74.0. The molecule has 0 saturated heterocycles. The summed E-state index contributed by atoms with van der Waals surface area (Å²) in [6, 6.07) is 0. The third-order valence-electron chi connectivity index (χ3n) is 16.9. The minimum Gasteiger partial charge on any atom is -0.463 e. The van der Waals surface area contributed by atoms with E-state index in [0.29, 0.717) is 19.3 Å². The molecule has 0 saturated carbocycles. The number of phosphoric ester groups is 2. The van der Waals surface area contributed by atoms with E-state index in [0.717, 1.165) is 109 Å². The number of hydrogen-bond acceptors (Lipinski definition) is 14. The number of aliphatic hydroxyl groups is 2. The Morgan fingerprint density at radius 1 is 0.299 bits per heavy atom. The number of hydrogen-bond donors (Lipinski definition) is 4. The number of unbranched alkanes of at least 4 members (excludes halogenated alkanes) is 40. The van der Waals surface area contributed by atoms with Crippen molar-refractivity contribution in [3.8, 4) is 0 Å². The number of carbonyl (C=O) groups is 3. The Labute approximate surface area is 592 Å². The molecule has 0 radical (unpaired) electrons. The van der Waals surface area contributed by atoms with Gasteiger partial charge in [0, 0.05) is 19.3 Å². The van der Waals surface area contributed by atoms with Crippen LogP contribution in [0.25, 0.3) is 0 Å². The average molecular weight is 1410 g/mol. The monoisotopic (exact) mass is 1410 g/mol. The molecule has 0 spiro atoms. The highest BCUT2D eigenvalue weighted by Crippen LogP contribution is 2.45. The van der Waals surface area contributed by atoms with Crippen LogP contribution in [-0.2, 0) is 55.8 Å². The van der Waals surface area contributed by atoms with E-state index in [1.54, 1.807) is 0 Å². The van der Waals surface area contributed by atoms with Crippen molar-refractivity contribution < 1.29 is 75.8 Å². The van der Waals surface area contributed by atoms with Crippen LogP contribution >= 0.6 is 15.6 Å². The SMILES string of the molecule is CC/C=C\C/C=C\C/C=C\C/C=C\C/C=C\C/C=C\CCCCCCCCCCCCCCC(=O)OCC(O)COP(=O)(O)OCC(O)COP(=O)(O)OCC(COC(=O)CCCCCCCCCCCCCCCCC)OC(=O)CCCCCCCCCCCCCCCCC. The van der Waals surface area contributed by atoms with Gasteiger partial charge in [0.15, 0.2) is 6.10 Å². The lowest BCUT2D eigenvalue weighted by atomic mass is 10.0. The summed E-state index contributed by atoms with van der Waals surface area (Å²) in [6.07, 6.45) is 79.5. The molecule has 18 heteroatoms. The molecule has 0 aliphatic heterocycles. The Hall–Kier alpha value is -3.01. The highest BCUT2D eigenvalue weighted by molar-refractivity contribution is 7.47. The van der Waals surface area contributed by atoms with Crippen molar-refractivity contribution >= 4 is 33.6 Å². The van der Waals surface area contributed by atoms with Gasteiger partial charge < -0.3 is 34.2 Å². The maximum absolute atomic E-state index is 12.9. The van der Waals surface area contributed by atoms with Gasteiger partial charge in [-0.2, -0.15) is 0 Å². The first-order valence-electron chi connectivity index (χ1n) is 39.2. The highest BCUT2D eigenvalue weighted by atomic mass is 31.2. The van der Waals surface area contributed by atoms with Crippen LogP contribution in [0.3, 0.4) is 0 Å². The number of carbonyl (C=O) groups excluding carboxylic acids is 3. The molecule has 566 valence electrons. The molecule has 0 aromatic heterocycles. The van der Waals surface area contributed by atoms with Gasteiger partial charge in [0.05, 0.1) is 26.4 Å². The number of esters is 3. The van der Waals surface area contributed by atoms with Crippen molar-refractivity contribution in [1.82, 2.24) is 0 Å². The van der Waals surface area contributed by atoms with Gasteiger partial charge in [0.25, 0.3) is 0 Å². The summed E-state index contributed by atoms with van der Waals surface area (Å²) in [4.78, 5) is 58.5. The van der Waals surface area contributed by atoms with E-state index in [4.69, 9.17) is 32.3 Å². The van der Waals surface area contributed by atoms with Gasteiger partial charge in [-0.05, 0) is 70.6 Å². The first-order valence-corrected chi connectivity index (χ1v) is 42.2. The van der Waals surface area contributed by atoms with E-state index in [-0.39, 0.29) is 19.3 Å². The second-order valence-corrected chi connectivity index (χ2v) is 29.4. The van der Waals surface area contributed by atoms with Crippen molar-refractivity contribution in [2.24, 2.45) is 0 Å². The zero-order chi connectivity index (χ0) is 70.9. The highest BCUT2D eigenvalue weighted by Gasteiger charge is 2.29. The Morgan fingerprint density at radius 3 is 0.866 bits per heavy atom. The Bertz CT molecular complexity index is 2060. The van der Waals surface area contributed by atoms with Crippen LogP contribution in [0.2, 0.25) is 0 Å². The predicted octanol–water partition coefficient (Wildman–Crippen LogP) is 22.7. The summed E-state index contributed by atoms with van der Waals surface area (Å²) in [5.41, 5.74) is 0. The molecule has 0 aliphatic rings. The minimum absolute atomic E-state index is 0.113. The predicted molar refractivity (Wildman–Crippen MR) is 399 cm³/mol. The summed E-state index contributed by atoms with van der Waals surface area (Å²) in [5.74, 6) is -1.55. The van der Waals surface area contributed by atoms with Crippen LogP contribution in [0.5, 0.6) is 0 Å². The summed E-state index contributed by atoms with van der Waals surface area (Å²) in [7, 11) is -9.77. The zero-order valence-corrected chi connectivity index (χ0v) is 63.5. The molecule has 97 heavy (non-hydrogen) atoms. The van der Waals surface area contributed by atoms with Crippen LogP contribution < -0.4 is 0 Å². The van der Waals surface area contributed by atoms with Crippen LogP contribution in [-0.4, -0.2) is 95.9 Å². The lowest BCUT2D eigenvalue weighted by Crippen LogP contribution is -2.30. The maximum atomic E-state index is 12.9. The molecule has 0 fully saturated rings. The molecule has 0 aromatic carbocycles. The Balaban J connectivity index is 4.42. The van der Waals surface area contributed by atoms with E-state index in [9.17, 15) is 43.5 Å². The molecule has 5 atom stereocenters. The molecule has 0 aliphatic carbocycles. The van der Waals surface area contributed by atoms with Crippen LogP contribution in [0, 0.1) is 0 Å². The summed E-state index contributed by atoms with van der Waals surface area (Å²) >= 11 is 0. The van der Waals surface area contributed by atoms with Crippen molar-refractivity contribution in [2.75, 3.05) is 39.6 Å². The van der Waals surface area contributed by atoms with Gasteiger partial charge in [-0.3, -0.25) is 32.5 Å². The van der Waals surface area contributed by atoms with Gasteiger partial charge >= 0.3 is 33.6 Å². The van der Waals surface area contributed by atoms with Crippen molar-refractivity contribution in [1.29, 1.82) is 0 Å². The number of allylic oxidation sites excluding steroid dienone is 12. The maximum Gasteiger partial charge on any atom is 0.472 e. The van der Waals surface area contributed by atoms with Gasteiger partial charge in [-0.1, -0.05) is 338 Å². The fraction of sp³-hybridized carbons (Fsp3) is 0.810. The Kier molecular flexibility index (Phi) is 70.5. The third-order valence-corrected chi connectivity index (χ3v) is 18.8. The van der Waals surface area contributed by atoms with Crippen molar-refractivity contribution in [3.05, 3.63) is 72.9 Å².